The van der Waals surface area contributed by atoms with Gasteiger partial charge in [0.1, 0.15) is 13.2 Å². The molecular formula is C71H114O6. The van der Waals surface area contributed by atoms with E-state index in [2.05, 4.69) is 167 Å². The summed E-state index contributed by atoms with van der Waals surface area (Å²) in [6.07, 6.45) is 91.3. The number of allylic oxidation sites excluding steroid dienone is 24. The monoisotopic (exact) mass is 1060 g/mol. The van der Waals surface area contributed by atoms with Gasteiger partial charge in [-0.3, -0.25) is 14.4 Å². The fourth-order valence-corrected chi connectivity index (χ4v) is 8.16. The number of hydrogen-bond acceptors (Lipinski definition) is 6. The quantitative estimate of drug-likeness (QED) is 0.0261. The zero-order chi connectivity index (χ0) is 55.7. The molecule has 0 aromatic heterocycles. The number of esters is 3. The van der Waals surface area contributed by atoms with E-state index in [9.17, 15) is 14.4 Å². The molecule has 0 spiro atoms. The molecule has 434 valence electrons. The predicted molar refractivity (Wildman–Crippen MR) is 334 cm³/mol. The fourth-order valence-electron chi connectivity index (χ4n) is 8.16. The van der Waals surface area contributed by atoms with E-state index in [1.807, 2.05) is 0 Å². The zero-order valence-corrected chi connectivity index (χ0v) is 49.7. The van der Waals surface area contributed by atoms with Gasteiger partial charge in [-0.1, -0.05) is 256 Å². The van der Waals surface area contributed by atoms with E-state index in [0.29, 0.717) is 19.3 Å². The summed E-state index contributed by atoms with van der Waals surface area (Å²) < 4.78 is 16.9. The summed E-state index contributed by atoms with van der Waals surface area (Å²) in [5, 5.41) is 0. The molecule has 6 heteroatoms. The first-order valence-electron chi connectivity index (χ1n) is 31.3. The molecule has 77 heavy (non-hydrogen) atoms. The second-order valence-electron chi connectivity index (χ2n) is 20.2. The number of carbonyl (C=O) groups is 3. The van der Waals surface area contributed by atoms with E-state index in [4.69, 9.17) is 14.2 Å². The molecule has 1 atom stereocenters. The third-order valence-electron chi connectivity index (χ3n) is 12.8. The minimum absolute atomic E-state index is 0.0996. The van der Waals surface area contributed by atoms with E-state index >= 15 is 0 Å². The number of rotatable bonds is 55. The summed E-state index contributed by atoms with van der Waals surface area (Å²) in [4.78, 5) is 38.2. The molecule has 0 bridgehead atoms. The lowest BCUT2D eigenvalue weighted by atomic mass is 10.0. The average molecular weight is 1060 g/mol. The van der Waals surface area contributed by atoms with Gasteiger partial charge in [0.15, 0.2) is 6.10 Å². The molecule has 0 aromatic carbocycles. The van der Waals surface area contributed by atoms with Crippen LogP contribution in [0.15, 0.2) is 146 Å². The van der Waals surface area contributed by atoms with E-state index in [1.165, 1.54) is 77.0 Å². The van der Waals surface area contributed by atoms with E-state index < -0.39 is 6.10 Å². The molecule has 0 amide bonds. The second-order valence-corrected chi connectivity index (χ2v) is 20.2. The van der Waals surface area contributed by atoms with Gasteiger partial charge in [0, 0.05) is 19.3 Å². The van der Waals surface area contributed by atoms with Crippen molar-refractivity contribution < 1.29 is 28.6 Å². The number of carbonyl (C=O) groups excluding carboxylic acids is 3. The Kier molecular flexibility index (Phi) is 59.9. The SMILES string of the molecule is CC/C=C\C/C=C\C/C=C\C/C=C\C/C=C\C/C=C\C/C=C\CCCCCC(=O)OCC(COC(=O)CCCCCCC/C=C\CCCC)OC(=O)CCCCCCCCCCCC/C=C\C/C=C\C/C=C\C/C=C\CC. The van der Waals surface area contributed by atoms with Crippen molar-refractivity contribution in [3.63, 3.8) is 0 Å². The van der Waals surface area contributed by atoms with Crippen LogP contribution < -0.4 is 0 Å². The molecule has 0 radical (unpaired) electrons. The maximum absolute atomic E-state index is 12.9. The van der Waals surface area contributed by atoms with Gasteiger partial charge in [-0.05, 0) is 135 Å². The van der Waals surface area contributed by atoms with Crippen molar-refractivity contribution >= 4 is 17.9 Å². The molecule has 0 heterocycles. The lowest BCUT2D eigenvalue weighted by molar-refractivity contribution is -0.167. The summed E-state index contributed by atoms with van der Waals surface area (Å²) in [6, 6.07) is 0. The maximum atomic E-state index is 12.9. The Labute approximate surface area is 474 Å². The van der Waals surface area contributed by atoms with Crippen molar-refractivity contribution in [1.29, 1.82) is 0 Å². The summed E-state index contributed by atoms with van der Waals surface area (Å²) in [5.41, 5.74) is 0. The number of ether oxygens (including phenoxy) is 3. The van der Waals surface area contributed by atoms with Crippen LogP contribution in [0.2, 0.25) is 0 Å². The van der Waals surface area contributed by atoms with Gasteiger partial charge in [-0.15, -0.1) is 0 Å². The van der Waals surface area contributed by atoms with Crippen molar-refractivity contribution in [3.05, 3.63) is 146 Å². The van der Waals surface area contributed by atoms with E-state index in [1.54, 1.807) is 0 Å². The molecule has 0 fully saturated rings. The summed E-state index contributed by atoms with van der Waals surface area (Å²) in [7, 11) is 0. The Morgan fingerprint density at radius 3 is 0.818 bits per heavy atom. The first-order chi connectivity index (χ1) is 38.0. The molecule has 6 nitrogen and oxygen atoms in total. The van der Waals surface area contributed by atoms with Gasteiger partial charge in [0.25, 0.3) is 0 Å². The lowest BCUT2D eigenvalue weighted by Gasteiger charge is -2.18. The van der Waals surface area contributed by atoms with Crippen LogP contribution in [-0.2, 0) is 28.6 Å². The maximum Gasteiger partial charge on any atom is 0.306 e. The first-order valence-corrected chi connectivity index (χ1v) is 31.3. The normalized spacial score (nSPS) is 13.1. The number of hydrogen-bond donors (Lipinski definition) is 0. The molecule has 0 saturated heterocycles. The van der Waals surface area contributed by atoms with Crippen molar-refractivity contribution in [1.82, 2.24) is 0 Å². The van der Waals surface area contributed by atoms with E-state index in [-0.39, 0.29) is 31.1 Å². The van der Waals surface area contributed by atoms with Crippen molar-refractivity contribution in [2.45, 2.75) is 271 Å². The second kappa shape index (κ2) is 63.8. The Bertz CT molecular complexity index is 1700. The average Bonchev–Trinajstić information content (AvgIpc) is 3.43. The summed E-state index contributed by atoms with van der Waals surface area (Å²) >= 11 is 0. The van der Waals surface area contributed by atoms with Gasteiger partial charge in [-0.2, -0.15) is 0 Å². The third-order valence-corrected chi connectivity index (χ3v) is 12.8. The van der Waals surface area contributed by atoms with Crippen LogP contribution in [0.3, 0.4) is 0 Å². The standard InChI is InChI=1S/C71H114O6/c1-4-7-10-13-16-19-22-24-26-28-30-32-34-35-37-38-40-42-44-46-49-52-55-58-61-64-70(73)76-67-68(66-75-69(72)63-60-57-54-51-48-21-18-15-12-9-6-3)77-71(74)65-62-59-56-53-50-47-45-43-41-39-36-33-31-29-27-25-23-20-17-14-11-8-5-2/h7-8,10-11,15-20,24-27,30-33,35,37,40,42,46,49,68H,4-6,9,12-14,21-23,28-29,34,36,38-39,41,43-45,47-48,50-67H2,1-3H3/b10-7-,11-8-,18-15-,19-16-,20-17-,26-24-,27-25-,32-30-,33-31-,37-35-,42-40-,49-46-. The molecule has 1 unspecified atom stereocenters. The fraction of sp³-hybridized carbons (Fsp3) is 0.620. The van der Waals surface area contributed by atoms with Gasteiger partial charge in [0.05, 0.1) is 0 Å². The summed E-state index contributed by atoms with van der Waals surface area (Å²) in [5.74, 6) is -0.949. The molecular weight excluding hydrogens is 949 g/mol. The lowest BCUT2D eigenvalue weighted by Crippen LogP contribution is -2.30. The predicted octanol–water partition coefficient (Wildman–Crippen LogP) is 21.5. The molecule has 0 saturated carbocycles. The molecule has 0 aliphatic heterocycles. The smallest absolute Gasteiger partial charge is 0.306 e. The van der Waals surface area contributed by atoms with Crippen LogP contribution in [0.25, 0.3) is 0 Å². The zero-order valence-electron chi connectivity index (χ0n) is 49.7. The minimum atomic E-state index is -0.805. The molecule has 0 aliphatic rings. The molecule has 0 aliphatic carbocycles. The van der Waals surface area contributed by atoms with Crippen LogP contribution >= 0.6 is 0 Å². The Hall–Kier alpha value is -4.71. The highest BCUT2D eigenvalue weighted by Gasteiger charge is 2.19. The third kappa shape index (κ3) is 62.0. The van der Waals surface area contributed by atoms with Crippen LogP contribution in [0.5, 0.6) is 0 Å². The van der Waals surface area contributed by atoms with Gasteiger partial charge in [-0.25, -0.2) is 0 Å². The highest BCUT2D eigenvalue weighted by Crippen LogP contribution is 2.15. The Morgan fingerprint density at radius 1 is 0.273 bits per heavy atom. The Balaban J connectivity index is 4.40. The van der Waals surface area contributed by atoms with E-state index in [0.717, 1.165) is 148 Å². The first kappa shape index (κ1) is 72.3. The van der Waals surface area contributed by atoms with Crippen LogP contribution in [0.1, 0.15) is 265 Å². The van der Waals surface area contributed by atoms with Gasteiger partial charge >= 0.3 is 17.9 Å². The van der Waals surface area contributed by atoms with Crippen molar-refractivity contribution in [3.8, 4) is 0 Å². The minimum Gasteiger partial charge on any atom is -0.462 e. The van der Waals surface area contributed by atoms with Gasteiger partial charge in [0.2, 0.25) is 0 Å². The largest absolute Gasteiger partial charge is 0.462 e. The Morgan fingerprint density at radius 2 is 0.506 bits per heavy atom. The topological polar surface area (TPSA) is 78.9 Å². The highest BCUT2D eigenvalue weighted by atomic mass is 16.6. The van der Waals surface area contributed by atoms with Crippen LogP contribution in [-0.4, -0.2) is 37.2 Å². The van der Waals surface area contributed by atoms with Crippen molar-refractivity contribution in [2.75, 3.05) is 13.2 Å². The molecule has 0 aromatic rings. The highest BCUT2D eigenvalue weighted by molar-refractivity contribution is 5.71. The number of unbranched alkanes of at least 4 members (excludes halogenated alkanes) is 20. The summed E-state index contributed by atoms with van der Waals surface area (Å²) in [6.45, 7) is 6.33. The van der Waals surface area contributed by atoms with Crippen LogP contribution in [0.4, 0.5) is 0 Å². The van der Waals surface area contributed by atoms with Gasteiger partial charge < -0.3 is 14.2 Å². The van der Waals surface area contributed by atoms with Crippen molar-refractivity contribution in [2.24, 2.45) is 0 Å². The molecule has 0 N–H and O–H groups in total. The van der Waals surface area contributed by atoms with Crippen LogP contribution in [0, 0.1) is 0 Å². The molecule has 0 rings (SSSR count).